The number of piperidine rings is 1. The lowest BCUT2D eigenvalue weighted by Gasteiger charge is -2.44. The summed E-state index contributed by atoms with van der Waals surface area (Å²) in [6, 6.07) is 19.3. The van der Waals surface area contributed by atoms with E-state index in [1.54, 1.807) is 11.3 Å². The van der Waals surface area contributed by atoms with Gasteiger partial charge in [0.25, 0.3) is 0 Å². The number of aromatic nitrogens is 1. The van der Waals surface area contributed by atoms with Crippen LogP contribution in [0, 0.1) is 6.92 Å². The number of fused-ring (bicyclic) bond motifs is 6. The Morgan fingerprint density at radius 2 is 1.81 bits per heavy atom. The summed E-state index contributed by atoms with van der Waals surface area (Å²) in [5.41, 5.74) is 7.57. The minimum atomic E-state index is 0.613. The Morgan fingerprint density at radius 1 is 1.00 bits per heavy atom. The summed E-state index contributed by atoms with van der Waals surface area (Å²) in [5.74, 6) is 0. The van der Waals surface area contributed by atoms with Crippen molar-refractivity contribution in [3.05, 3.63) is 70.9 Å². The van der Waals surface area contributed by atoms with Gasteiger partial charge in [0.2, 0.25) is 0 Å². The average Bonchev–Trinajstić information content (AvgIpc) is 2.94. The van der Waals surface area contributed by atoms with E-state index in [9.17, 15) is 0 Å². The molecular weight excluding hydrogens is 316 g/mol. The first-order valence-electron chi connectivity index (χ1n) is 10.1. The van der Waals surface area contributed by atoms with Crippen molar-refractivity contribution in [1.29, 1.82) is 0 Å². The maximum absolute atomic E-state index is 2.66. The Labute approximate surface area is 156 Å². The molecule has 1 fully saturated rings. The molecule has 2 atom stereocenters. The second-order valence-corrected chi connectivity index (χ2v) is 8.18. The molecule has 26 heavy (non-hydrogen) atoms. The number of hydrogen-bond acceptors (Lipinski definition) is 1. The molecule has 1 saturated heterocycles. The Balaban J connectivity index is 1.60. The highest BCUT2D eigenvalue weighted by Crippen LogP contribution is 2.45. The minimum Gasteiger partial charge on any atom is -0.344 e. The monoisotopic (exact) mass is 344 g/mol. The van der Waals surface area contributed by atoms with E-state index >= 15 is 0 Å². The predicted molar refractivity (Wildman–Crippen MR) is 109 cm³/mol. The third-order valence-electron chi connectivity index (χ3n) is 6.83. The van der Waals surface area contributed by atoms with Crippen molar-refractivity contribution in [3.63, 3.8) is 0 Å². The average molecular weight is 345 g/mol. The maximum Gasteiger partial charge on any atom is 0.0486 e. The molecule has 2 bridgehead atoms. The third kappa shape index (κ3) is 2.43. The van der Waals surface area contributed by atoms with Crippen molar-refractivity contribution in [2.75, 3.05) is 7.05 Å². The summed E-state index contributed by atoms with van der Waals surface area (Å²) < 4.78 is 2.65. The molecule has 3 heterocycles. The largest absolute Gasteiger partial charge is 0.344 e. The topological polar surface area (TPSA) is 8.17 Å². The first-order valence-corrected chi connectivity index (χ1v) is 10.1. The molecule has 1 aromatic heterocycles. The lowest BCUT2D eigenvalue weighted by Crippen LogP contribution is -2.44. The number of nitrogens with zero attached hydrogens (tertiary/aromatic N) is 2. The second-order valence-electron chi connectivity index (χ2n) is 8.18. The first kappa shape index (κ1) is 16.1. The van der Waals surface area contributed by atoms with Crippen LogP contribution in [0.3, 0.4) is 0 Å². The number of para-hydroxylation sites is 1. The number of benzene rings is 2. The van der Waals surface area contributed by atoms with Gasteiger partial charge in [-0.1, -0.05) is 42.5 Å². The molecule has 2 nitrogen and oxygen atoms in total. The van der Waals surface area contributed by atoms with Crippen LogP contribution in [0.2, 0.25) is 0 Å². The van der Waals surface area contributed by atoms with Crippen LogP contribution in [0.15, 0.2) is 48.5 Å². The Kier molecular flexibility index (Phi) is 3.90. The number of likely N-dealkylation sites (N-methyl/N-ethyl adjacent to an activating group) is 1. The number of aryl methyl sites for hydroxylation is 3. The number of hydrogen-bond donors (Lipinski definition) is 0. The summed E-state index contributed by atoms with van der Waals surface area (Å²) >= 11 is 0. The molecule has 2 unspecified atom stereocenters. The second kappa shape index (κ2) is 6.28. The molecule has 134 valence electrons. The SMILES string of the molecule is Cc1ccccc1CCn1c2c(c3ccccc31)C1CCCC(C2)N1C. The van der Waals surface area contributed by atoms with Gasteiger partial charge in [0.15, 0.2) is 0 Å². The van der Waals surface area contributed by atoms with Crippen LogP contribution in [0.4, 0.5) is 0 Å². The van der Waals surface area contributed by atoms with Crippen molar-refractivity contribution in [2.45, 2.75) is 57.7 Å². The Morgan fingerprint density at radius 3 is 2.69 bits per heavy atom. The zero-order chi connectivity index (χ0) is 17.7. The highest BCUT2D eigenvalue weighted by molar-refractivity contribution is 5.86. The third-order valence-corrected chi connectivity index (χ3v) is 6.83. The van der Waals surface area contributed by atoms with E-state index in [0.717, 1.165) is 19.0 Å². The van der Waals surface area contributed by atoms with Gasteiger partial charge in [-0.05, 0) is 62.4 Å². The fraction of sp³-hybridized carbons (Fsp3) is 0.417. The lowest BCUT2D eigenvalue weighted by atomic mass is 9.82. The normalized spacial score (nSPS) is 22.5. The molecular formula is C24H28N2. The smallest absolute Gasteiger partial charge is 0.0486 e. The van der Waals surface area contributed by atoms with E-state index in [1.807, 2.05) is 0 Å². The van der Waals surface area contributed by atoms with Gasteiger partial charge in [-0.3, -0.25) is 4.90 Å². The van der Waals surface area contributed by atoms with Crippen LogP contribution in [0.5, 0.6) is 0 Å². The van der Waals surface area contributed by atoms with Crippen LogP contribution >= 0.6 is 0 Å². The van der Waals surface area contributed by atoms with Gasteiger partial charge in [0, 0.05) is 41.6 Å². The molecule has 2 heteroatoms. The highest BCUT2D eigenvalue weighted by Gasteiger charge is 2.38. The van der Waals surface area contributed by atoms with Crippen molar-refractivity contribution < 1.29 is 0 Å². The van der Waals surface area contributed by atoms with Gasteiger partial charge < -0.3 is 4.57 Å². The zero-order valence-electron chi connectivity index (χ0n) is 15.9. The Hall–Kier alpha value is -2.06. The van der Waals surface area contributed by atoms with Crippen LogP contribution < -0.4 is 0 Å². The van der Waals surface area contributed by atoms with E-state index in [-0.39, 0.29) is 0 Å². The molecule has 0 aliphatic carbocycles. The molecule has 3 aromatic rings. The zero-order valence-corrected chi connectivity index (χ0v) is 15.9. The summed E-state index contributed by atoms with van der Waals surface area (Å²) in [6.45, 7) is 3.32. The summed E-state index contributed by atoms with van der Waals surface area (Å²) in [6.07, 6.45) is 6.37. The molecule has 0 N–H and O–H groups in total. The predicted octanol–water partition coefficient (Wildman–Crippen LogP) is 5.27. The molecule has 0 spiro atoms. The van der Waals surface area contributed by atoms with Gasteiger partial charge in [-0.25, -0.2) is 0 Å². The summed E-state index contributed by atoms with van der Waals surface area (Å²) in [5, 5.41) is 1.49. The van der Waals surface area contributed by atoms with Crippen LogP contribution in [-0.4, -0.2) is 22.6 Å². The van der Waals surface area contributed by atoms with Crippen molar-refractivity contribution >= 4 is 10.9 Å². The molecule has 2 aliphatic rings. The van der Waals surface area contributed by atoms with Crippen molar-refractivity contribution in [3.8, 4) is 0 Å². The van der Waals surface area contributed by atoms with E-state index in [4.69, 9.17) is 0 Å². The summed E-state index contributed by atoms with van der Waals surface area (Å²) in [7, 11) is 2.34. The van der Waals surface area contributed by atoms with Crippen LogP contribution in [0.25, 0.3) is 10.9 Å². The van der Waals surface area contributed by atoms with Crippen molar-refractivity contribution in [1.82, 2.24) is 9.47 Å². The van der Waals surface area contributed by atoms with E-state index in [1.165, 1.54) is 47.7 Å². The van der Waals surface area contributed by atoms with Gasteiger partial charge in [0.05, 0.1) is 0 Å². The van der Waals surface area contributed by atoms with E-state index in [0.29, 0.717) is 6.04 Å². The molecule has 5 rings (SSSR count). The van der Waals surface area contributed by atoms with Crippen molar-refractivity contribution in [2.24, 2.45) is 0 Å². The minimum absolute atomic E-state index is 0.613. The van der Waals surface area contributed by atoms with Gasteiger partial charge in [-0.2, -0.15) is 0 Å². The molecule has 0 radical (unpaired) electrons. The Bertz CT molecular complexity index is 952. The molecule has 2 aromatic carbocycles. The molecule has 0 saturated carbocycles. The first-order chi connectivity index (χ1) is 12.7. The lowest BCUT2D eigenvalue weighted by molar-refractivity contribution is 0.0988. The fourth-order valence-corrected chi connectivity index (χ4v) is 5.38. The van der Waals surface area contributed by atoms with Crippen LogP contribution in [-0.2, 0) is 19.4 Å². The van der Waals surface area contributed by atoms with Gasteiger partial charge in [-0.15, -0.1) is 0 Å². The summed E-state index contributed by atoms with van der Waals surface area (Å²) in [4.78, 5) is 2.66. The standard InChI is InChI=1S/C24H28N2/c1-17-8-3-4-9-18(17)14-15-26-21-12-6-5-11-20(21)24-22-13-7-10-19(25(22)2)16-23(24)26/h3-6,8-9,11-12,19,22H,7,10,13-16H2,1-2H3. The highest BCUT2D eigenvalue weighted by atomic mass is 15.2. The van der Waals surface area contributed by atoms with Crippen LogP contribution in [0.1, 0.15) is 47.7 Å². The van der Waals surface area contributed by atoms with E-state index in [2.05, 4.69) is 72.0 Å². The quantitative estimate of drug-likeness (QED) is 0.628. The van der Waals surface area contributed by atoms with Gasteiger partial charge in [0.1, 0.15) is 0 Å². The van der Waals surface area contributed by atoms with E-state index < -0.39 is 0 Å². The number of rotatable bonds is 3. The fourth-order valence-electron chi connectivity index (χ4n) is 5.38. The molecule has 2 aliphatic heterocycles. The maximum atomic E-state index is 2.66. The van der Waals surface area contributed by atoms with Gasteiger partial charge >= 0.3 is 0 Å². The molecule has 0 amide bonds.